The van der Waals surface area contributed by atoms with E-state index >= 15 is 0 Å². The largest absolute Gasteiger partial charge is 0.456 e. The van der Waals surface area contributed by atoms with E-state index in [1.165, 1.54) is 64.7 Å². The number of thiophene rings is 1. The third-order valence-electron chi connectivity index (χ3n) is 11.7. The van der Waals surface area contributed by atoms with Crippen molar-refractivity contribution in [2.24, 2.45) is 0 Å². The Hall–Kier alpha value is -6.88. The molecule has 0 radical (unpaired) electrons. The van der Waals surface area contributed by atoms with Crippen molar-refractivity contribution in [3.63, 3.8) is 0 Å². The molecule has 0 saturated heterocycles. The molecule has 8 aromatic carbocycles. The molecule has 1 aliphatic carbocycles. The molecule has 0 saturated carbocycles. The summed E-state index contributed by atoms with van der Waals surface area (Å²) in [5.74, 6) is 0.375. The van der Waals surface area contributed by atoms with Crippen LogP contribution < -0.4 is 9.80 Å². The van der Waals surface area contributed by atoms with Gasteiger partial charge in [0.15, 0.2) is 0 Å². The Morgan fingerprint density at radius 2 is 1.34 bits per heavy atom. The third kappa shape index (κ3) is 4.76. The van der Waals surface area contributed by atoms with Gasteiger partial charge in [-0.05, 0) is 107 Å². The fraction of sp³-hybridized carbons (Fsp3) is 0.0385. The van der Waals surface area contributed by atoms with Crippen LogP contribution in [0.1, 0.15) is 17.9 Å². The third-order valence-corrected chi connectivity index (χ3v) is 12.9. The molecule has 10 aromatic rings. The highest BCUT2D eigenvalue weighted by Gasteiger charge is 2.34. The quantitative estimate of drug-likeness (QED) is 0.176. The van der Waals surface area contributed by atoms with Crippen LogP contribution in [0.4, 0.5) is 28.4 Å². The molecular weight excluding hydrogens is 701 g/mol. The number of anilines is 5. The van der Waals surface area contributed by atoms with Crippen LogP contribution in [0.2, 0.25) is 0 Å². The predicted octanol–water partition coefficient (Wildman–Crippen LogP) is 15.3. The lowest BCUT2D eigenvalue weighted by Gasteiger charge is -2.27. The first kappa shape index (κ1) is 31.5. The second kappa shape index (κ2) is 12.3. The Labute approximate surface area is 328 Å². The molecule has 264 valence electrons. The second-order valence-corrected chi connectivity index (χ2v) is 15.9. The average molecular weight is 735 g/mol. The Balaban J connectivity index is 1.03. The van der Waals surface area contributed by atoms with Crippen molar-refractivity contribution < 1.29 is 4.42 Å². The van der Waals surface area contributed by atoms with Gasteiger partial charge in [0.2, 0.25) is 0 Å². The standard InChI is InChI=1S/C52H34N2OS/c1-2-13-38-34(12-1)30-37(54-45-18-7-3-14-39(45)40-15-4-8-19-46(40)54)31-44(38)33-24-26-35(27-25-33)53(36-28-29-42-41-16-6-10-23-50(41)56-51(42)32-36)47-20-11-22-49-52(47)43-17-5-9-21-48(43)55-49/h1-14,16-32,40H,15H2. The van der Waals surface area contributed by atoms with E-state index in [4.69, 9.17) is 4.42 Å². The van der Waals surface area contributed by atoms with E-state index in [0.29, 0.717) is 5.92 Å². The highest BCUT2D eigenvalue weighted by Crippen LogP contribution is 2.52. The molecule has 3 nitrogen and oxygen atoms in total. The van der Waals surface area contributed by atoms with Crippen LogP contribution in [-0.2, 0) is 0 Å². The first-order valence-corrected chi connectivity index (χ1v) is 20.1. The zero-order valence-electron chi connectivity index (χ0n) is 30.4. The number of nitrogens with zero attached hydrogens (tertiary/aromatic N) is 2. The summed E-state index contributed by atoms with van der Waals surface area (Å²) in [4.78, 5) is 4.88. The lowest BCUT2D eigenvalue weighted by molar-refractivity contribution is 0.669. The van der Waals surface area contributed by atoms with Crippen LogP contribution >= 0.6 is 11.3 Å². The number of para-hydroxylation sites is 2. The number of benzene rings is 8. The number of hydrogen-bond acceptors (Lipinski definition) is 4. The van der Waals surface area contributed by atoms with Gasteiger partial charge >= 0.3 is 0 Å². The van der Waals surface area contributed by atoms with Gasteiger partial charge in [-0.1, -0.05) is 115 Å². The van der Waals surface area contributed by atoms with E-state index in [1.807, 2.05) is 17.4 Å². The van der Waals surface area contributed by atoms with Gasteiger partial charge in [0.25, 0.3) is 0 Å². The van der Waals surface area contributed by atoms with Crippen molar-refractivity contribution in [2.75, 3.05) is 9.80 Å². The molecule has 1 atom stereocenters. The van der Waals surface area contributed by atoms with Crippen molar-refractivity contribution in [3.05, 3.63) is 199 Å². The summed E-state index contributed by atoms with van der Waals surface area (Å²) in [6.45, 7) is 0. The van der Waals surface area contributed by atoms with Gasteiger partial charge in [0.05, 0.1) is 11.1 Å². The summed E-state index contributed by atoms with van der Waals surface area (Å²) in [7, 11) is 0. The van der Waals surface area contributed by atoms with Gasteiger partial charge in [0, 0.05) is 59.9 Å². The zero-order chi connectivity index (χ0) is 36.7. The van der Waals surface area contributed by atoms with Gasteiger partial charge in [0.1, 0.15) is 11.2 Å². The lowest BCUT2D eigenvalue weighted by atomic mass is 9.92. The topological polar surface area (TPSA) is 19.6 Å². The number of fused-ring (bicyclic) bond motifs is 10. The number of rotatable bonds is 5. The second-order valence-electron chi connectivity index (χ2n) is 14.8. The van der Waals surface area contributed by atoms with Crippen LogP contribution in [-0.4, -0.2) is 0 Å². The molecule has 0 N–H and O–H groups in total. The maximum Gasteiger partial charge on any atom is 0.137 e. The normalized spacial score (nSPS) is 14.9. The minimum Gasteiger partial charge on any atom is -0.456 e. The summed E-state index contributed by atoms with van der Waals surface area (Å²) < 4.78 is 8.99. The smallest absolute Gasteiger partial charge is 0.137 e. The molecule has 1 unspecified atom stereocenters. The average Bonchev–Trinajstić information content (AvgIpc) is 3.93. The summed E-state index contributed by atoms with van der Waals surface area (Å²) in [6, 6.07) is 62.0. The van der Waals surface area contributed by atoms with Crippen LogP contribution in [0.15, 0.2) is 198 Å². The van der Waals surface area contributed by atoms with Gasteiger partial charge in [-0.3, -0.25) is 0 Å². The molecule has 1 aliphatic heterocycles. The summed E-state index contributed by atoms with van der Waals surface area (Å²) >= 11 is 1.85. The van der Waals surface area contributed by atoms with Crippen LogP contribution in [0.3, 0.4) is 0 Å². The minimum atomic E-state index is 0.375. The summed E-state index contributed by atoms with van der Waals surface area (Å²) in [5, 5.41) is 7.28. The SMILES string of the molecule is C1=CCC2C(=C1)N(c1cc(-c3ccc(N(c4ccc5c(c4)sc4ccccc45)c4cccc5oc6ccccc6c45)cc3)c3ccccc3c1)c1ccccc12. The monoisotopic (exact) mass is 734 g/mol. The zero-order valence-corrected chi connectivity index (χ0v) is 31.2. The molecule has 0 fully saturated rings. The first-order chi connectivity index (χ1) is 27.8. The van der Waals surface area contributed by atoms with E-state index in [2.05, 4.69) is 192 Å². The van der Waals surface area contributed by atoms with Gasteiger partial charge in [-0.25, -0.2) is 0 Å². The minimum absolute atomic E-state index is 0.375. The maximum absolute atomic E-state index is 6.42. The lowest BCUT2D eigenvalue weighted by Crippen LogP contribution is -2.14. The molecular formula is C52H34N2OS. The molecule has 2 aromatic heterocycles. The van der Waals surface area contributed by atoms with E-state index in [9.17, 15) is 0 Å². The Bertz CT molecular complexity index is 3260. The fourth-order valence-electron chi connectivity index (χ4n) is 9.22. The van der Waals surface area contributed by atoms with Crippen LogP contribution in [0, 0.1) is 0 Å². The maximum atomic E-state index is 6.42. The highest BCUT2D eigenvalue weighted by molar-refractivity contribution is 7.25. The molecule has 0 amide bonds. The fourth-order valence-corrected chi connectivity index (χ4v) is 10.4. The molecule has 0 spiro atoms. The van der Waals surface area contributed by atoms with Crippen molar-refractivity contribution in [3.8, 4) is 11.1 Å². The highest BCUT2D eigenvalue weighted by atomic mass is 32.1. The first-order valence-electron chi connectivity index (χ1n) is 19.3. The number of hydrogen-bond donors (Lipinski definition) is 0. The van der Waals surface area contributed by atoms with E-state index in [1.54, 1.807) is 0 Å². The summed E-state index contributed by atoms with van der Waals surface area (Å²) in [5.41, 5.74) is 12.7. The Morgan fingerprint density at radius 3 is 2.27 bits per heavy atom. The van der Waals surface area contributed by atoms with E-state index in [-0.39, 0.29) is 0 Å². The van der Waals surface area contributed by atoms with E-state index < -0.39 is 0 Å². The van der Waals surface area contributed by atoms with Crippen LogP contribution in [0.25, 0.3) is 64.0 Å². The Kier molecular flexibility index (Phi) is 6.92. The predicted molar refractivity (Wildman–Crippen MR) is 237 cm³/mol. The van der Waals surface area contributed by atoms with Crippen LogP contribution in [0.5, 0.6) is 0 Å². The van der Waals surface area contributed by atoms with Crippen molar-refractivity contribution in [1.29, 1.82) is 0 Å². The van der Waals surface area contributed by atoms with Gasteiger partial charge < -0.3 is 14.2 Å². The summed E-state index contributed by atoms with van der Waals surface area (Å²) in [6.07, 6.45) is 7.83. The van der Waals surface area contributed by atoms with E-state index in [0.717, 1.165) is 45.4 Å². The van der Waals surface area contributed by atoms with Crippen molar-refractivity contribution >= 4 is 92.7 Å². The molecule has 2 aliphatic rings. The van der Waals surface area contributed by atoms with Crippen molar-refractivity contribution in [1.82, 2.24) is 0 Å². The molecule has 56 heavy (non-hydrogen) atoms. The molecule has 3 heterocycles. The molecule has 0 bridgehead atoms. The molecule has 12 rings (SSSR count). The Morgan fingerprint density at radius 1 is 0.589 bits per heavy atom. The van der Waals surface area contributed by atoms with Gasteiger partial charge in [-0.2, -0.15) is 0 Å². The molecule has 4 heteroatoms. The van der Waals surface area contributed by atoms with Crippen molar-refractivity contribution in [2.45, 2.75) is 12.3 Å². The number of furan rings is 1. The number of allylic oxidation sites excluding steroid dienone is 4. The van der Waals surface area contributed by atoms with Gasteiger partial charge in [-0.15, -0.1) is 11.3 Å².